The van der Waals surface area contributed by atoms with E-state index >= 15 is 0 Å². The number of hydrazone groups is 1. The van der Waals surface area contributed by atoms with Gasteiger partial charge in [0.15, 0.2) is 5.16 Å². The number of para-hydroxylation sites is 1. The highest BCUT2D eigenvalue weighted by Gasteiger charge is 2.16. The third kappa shape index (κ3) is 6.01. The smallest absolute Gasteiger partial charge is 0.250 e. The van der Waals surface area contributed by atoms with E-state index in [0.717, 1.165) is 34.0 Å². The summed E-state index contributed by atoms with van der Waals surface area (Å²) in [6.45, 7) is 0. The van der Waals surface area contributed by atoms with E-state index in [9.17, 15) is 9.90 Å². The van der Waals surface area contributed by atoms with E-state index in [1.54, 1.807) is 38.5 Å². The van der Waals surface area contributed by atoms with Gasteiger partial charge in [-0.05, 0) is 60.7 Å². The third-order valence-electron chi connectivity index (χ3n) is 5.09. The minimum atomic E-state index is -0.296. The van der Waals surface area contributed by atoms with Crippen LogP contribution < -0.4 is 14.9 Å². The maximum atomic E-state index is 12.3. The van der Waals surface area contributed by atoms with Gasteiger partial charge in [-0.2, -0.15) is 5.10 Å². The van der Waals surface area contributed by atoms with Gasteiger partial charge in [-0.15, -0.1) is 0 Å². The van der Waals surface area contributed by atoms with Gasteiger partial charge in [0.1, 0.15) is 17.2 Å². The SMILES string of the molecule is COc1ccc(-c2nc(SCC(=O)N/N=C/c3ccccc3O)[nH]c2-c2ccc(OC)cc2)cc1. The standard InChI is InChI=1S/C26H24N4O4S/c1-33-20-11-7-17(8-12-20)24-25(18-9-13-21(34-2)14-10-18)29-26(28-24)35-16-23(32)30-27-15-19-5-3-4-6-22(19)31/h3-15,31H,16H2,1-2H3,(H,28,29)(H,30,32)/b27-15+. The summed E-state index contributed by atoms with van der Waals surface area (Å²) >= 11 is 1.27. The number of hydrogen-bond acceptors (Lipinski definition) is 7. The van der Waals surface area contributed by atoms with Crippen molar-refractivity contribution < 1.29 is 19.4 Å². The van der Waals surface area contributed by atoms with Crippen molar-refractivity contribution in [2.24, 2.45) is 5.10 Å². The van der Waals surface area contributed by atoms with Gasteiger partial charge in [0.25, 0.3) is 5.91 Å². The number of methoxy groups -OCH3 is 2. The first-order valence-electron chi connectivity index (χ1n) is 10.7. The number of nitrogens with one attached hydrogen (secondary N) is 2. The summed E-state index contributed by atoms with van der Waals surface area (Å²) in [5.74, 6) is 1.42. The Morgan fingerprint density at radius 1 is 1.00 bits per heavy atom. The van der Waals surface area contributed by atoms with Crippen molar-refractivity contribution in [2.75, 3.05) is 20.0 Å². The van der Waals surface area contributed by atoms with Crippen LogP contribution in [0.5, 0.6) is 17.2 Å². The lowest BCUT2D eigenvalue weighted by atomic mass is 10.0. The number of hydrogen-bond donors (Lipinski definition) is 3. The number of H-pyrrole nitrogens is 1. The Bertz CT molecular complexity index is 1250. The number of thioether (sulfide) groups is 1. The van der Waals surface area contributed by atoms with Crippen LogP contribution in [0.4, 0.5) is 0 Å². The zero-order valence-electron chi connectivity index (χ0n) is 19.2. The molecule has 3 N–H and O–H groups in total. The van der Waals surface area contributed by atoms with Crippen molar-refractivity contribution in [1.82, 2.24) is 15.4 Å². The molecule has 0 bridgehead atoms. The first kappa shape index (κ1) is 23.9. The van der Waals surface area contributed by atoms with Gasteiger partial charge in [0.05, 0.1) is 37.6 Å². The van der Waals surface area contributed by atoms with Crippen molar-refractivity contribution in [1.29, 1.82) is 0 Å². The normalized spacial score (nSPS) is 10.9. The van der Waals surface area contributed by atoms with Crippen LogP contribution in [0.25, 0.3) is 22.5 Å². The van der Waals surface area contributed by atoms with Crippen LogP contribution in [0, 0.1) is 0 Å². The third-order valence-corrected chi connectivity index (χ3v) is 5.97. The second-order valence-corrected chi connectivity index (χ2v) is 8.33. The van der Waals surface area contributed by atoms with Crippen LogP contribution in [-0.4, -0.2) is 47.2 Å². The molecule has 0 fully saturated rings. The van der Waals surface area contributed by atoms with E-state index in [0.29, 0.717) is 10.7 Å². The van der Waals surface area contributed by atoms with E-state index in [-0.39, 0.29) is 17.4 Å². The number of ether oxygens (including phenoxy) is 2. The molecular weight excluding hydrogens is 464 g/mol. The van der Waals surface area contributed by atoms with Gasteiger partial charge in [-0.1, -0.05) is 23.9 Å². The van der Waals surface area contributed by atoms with Crippen LogP contribution in [-0.2, 0) is 4.79 Å². The Kier molecular flexibility index (Phi) is 7.69. The summed E-state index contributed by atoms with van der Waals surface area (Å²) in [5, 5.41) is 14.3. The number of benzene rings is 3. The molecule has 0 spiro atoms. The van der Waals surface area contributed by atoms with Crippen LogP contribution in [0.3, 0.4) is 0 Å². The molecule has 4 aromatic rings. The molecule has 0 atom stereocenters. The maximum Gasteiger partial charge on any atom is 0.250 e. The second kappa shape index (κ2) is 11.3. The molecule has 0 aliphatic carbocycles. The summed E-state index contributed by atoms with van der Waals surface area (Å²) in [4.78, 5) is 20.4. The van der Waals surface area contributed by atoms with E-state index < -0.39 is 0 Å². The van der Waals surface area contributed by atoms with Gasteiger partial charge in [-0.3, -0.25) is 4.79 Å². The first-order chi connectivity index (χ1) is 17.1. The largest absolute Gasteiger partial charge is 0.507 e. The molecule has 35 heavy (non-hydrogen) atoms. The summed E-state index contributed by atoms with van der Waals surface area (Å²) in [6, 6.07) is 22.1. The number of aromatic amines is 1. The fourth-order valence-electron chi connectivity index (χ4n) is 3.28. The number of imidazole rings is 1. The molecule has 0 saturated heterocycles. The summed E-state index contributed by atoms with van der Waals surface area (Å²) < 4.78 is 10.5. The van der Waals surface area contributed by atoms with E-state index in [4.69, 9.17) is 14.5 Å². The minimum Gasteiger partial charge on any atom is -0.507 e. The van der Waals surface area contributed by atoms with Crippen molar-refractivity contribution in [3.8, 4) is 39.8 Å². The molecule has 1 aromatic heterocycles. The fourth-order valence-corrected chi connectivity index (χ4v) is 3.94. The average Bonchev–Trinajstić information content (AvgIpc) is 3.33. The lowest BCUT2D eigenvalue weighted by Gasteiger charge is -2.06. The van der Waals surface area contributed by atoms with E-state index in [1.165, 1.54) is 18.0 Å². The van der Waals surface area contributed by atoms with Crippen molar-refractivity contribution in [2.45, 2.75) is 5.16 Å². The van der Waals surface area contributed by atoms with Gasteiger partial charge in [0.2, 0.25) is 0 Å². The number of phenolic OH excluding ortho intramolecular Hbond substituents is 1. The molecule has 0 aliphatic heterocycles. The molecule has 8 nitrogen and oxygen atoms in total. The van der Waals surface area contributed by atoms with Crippen LogP contribution >= 0.6 is 11.8 Å². The predicted molar refractivity (Wildman–Crippen MR) is 137 cm³/mol. The van der Waals surface area contributed by atoms with Gasteiger partial charge >= 0.3 is 0 Å². The molecule has 0 unspecified atom stereocenters. The highest BCUT2D eigenvalue weighted by Crippen LogP contribution is 2.34. The number of amides is 1. The highest BCUT2D eigenvalue weighted by atomic mass is 32.2. The molecule has 178 valence electrons. The number of nitrogens with zero attached hydrogens (tertiary/aromatic N) is 2. The average molecular weight is 489 g/mol. The Labute approximate surface area is 207 Å². The lowest BCUT2D eigenvalue weighted by Crippen LogP contribution is -2.19. The van der Waals surface area contributed by atoms with E-state index in [1.807, 2.05) is 48.5 Å². The number of aromatic nitrogens is 2. The zero-order valence-corrected chi connectivity index (χ0v) is 20.0. The topological polar surface area (TPSA) is 109 Å². The summed E-state index contributed by atoms with van der Waals surface area (Å²) in [5.41, 5.74) is 6.43. The molecule has 1 amide bonds. The number of rotatable bonds is 9. The number of phenols is 1. The van der Waals surface area contributed by atoms with Gasteiger partial charge in [-0.25, -0.2) is 10.4 Å². The Balaban J connectivity index is 1.50. The monoisotopic (exact) mass is 488 g/mol. The fraction of sp³-hybridized carbons (Fsp3) is 0.115. The molecule has 1 heterocycles. The Morgan fingerprint density at radius 3 is 2.26 bits per heavy atom. The van der Waals surface area contributed by atoms with Gasteiger partial charge < -0.3 is 19.6 Å². The minimum absolute atomic E-state index is 0.0904. The molecule has 0 aliphatic rings. The summed E-state index contributed by atoms with van der Waals surface area (Å²) in [7, 11) is 3.25. The number of carbonyl (C=O) groups excluding carboxylic acids is 1. The molecule has 0 saturated carbocycles. The molecular formula is C26H24N4O4S. The molecule has 0 radical (unpaired) electrons. The number of aromatic hydroxyl groups is 1. The molecule has 3 aromatic carbocycles. The van der Waals surface area contributed by atoms with E-state index in [2.05, 4.69) is 15.5 Å². The quantitative estimate of drug-likeness (QED) is 0.179. The van der Waals surface area contributed by atoms with Crippen molar-refractivity contribution in [3.63, 3.8) is 0 Å². The maximum absolute atomic E-state index is 12.3. The molecule has 4 rings (SSSR count). The van der Waals surface area contributed by atoms with Crippen LogP contribution in [0.2, 0.25) is 0 Å². The lowest BCUT2D eigenvalue weighted by molar-refractivity contribution is -0.118. The Morgan fingerprint density at radius 2 is 1.63 bits per heavy atom. The summed E-state index contributed by atoms with van der Waals surface area (Å²) in [6.07, 6.45) is 1.40. The first-order valence-corrected chi connectivity index (χ1v) is 11.7. The molecule has 9 heteroatoms. The van der Waals surface area contributed by atoms with Gasteiger partial charge in [0, 0.05) is 16.7 Å². The predicted octanol–water partition coefficient (Wildman–Crippen LogP) is 4.71. The highest BCUT2D eigenvalue weighted by molar-refractivity contribution is 7.99. The Hall–Kier alpha value is -4.24. The van der Waals surface area contributed by atoms with Crippen molar-refractivity contribution >= 4 is 23.9 Å². The van der Waals surface area contributed by atoms with Crippen molar-refractivity contribution in [3.05, 3.63) is 78.4 Å². The number of carbonyl (C=O) groups is 1. The van der Waals surface area contributed by atoms with Crippen LogP contribution in [0.1, 0.15) is 5.56 Å². The second-order valence-electron chi connectivity index (χ2n) is 7.36. The van der Waals surface area contributed by atoms with Crippen LogP contribution in [0.15, 0.2) is 83.1 Å². The zero-order chi connectivity index (χ0) is 24.6.